The minimum absolute atomic E-state index is 0.00473. The number of nitrogens with zero attached hydrogens (tertiary/aromatic N) is 5. The highest BCUT2D eigenvalue weighted by Crippen LogP contribution is 2.38. The lowest BCUT2D eigenvalue weighted by atomic mass is 9.91. The Bertz CT molecular complexity index is 1390. The molecular weight excluding hydrogens is 497 g/mol. The van der Waals surface area contributed by atoms with Crippen molar-refractivity contribution in [3.63, 3.8) is 0 Å². The number of nitriles is 1. The topological polar surface area (TPSA) is 130 Å². The fraction of sp³-hybridized carbons (Fsp3) is 0.0909. The highest BCUT2D eigenvalue weighted by atomic mass is 35.5. The molecule has 4 rings (SSSR count). The molecule has 1 atom stereocenters. The third kappa shape index (κ3) is 4.92. The molecule has 0 aliphatic carbocycles. The Morgan fingerprint density at radius 2 is 1.82 bits per heavy atom. The summed E-state index contributed by atoms with van der Waals surface area (Å²) in [4.78, 5) is 23.4. The number of halogens is 2. The summed E-state index contributed by atoms with van der Waals surface area (Å²) >= 11 is 13.8. The Morgan fingerprint density at radius 3 is 2.44 bits per heavy atom. The van der Waals surface area contributed by atoms with Gasteiger partial charge in [0.05, 0.1) is 16.9 Å². The molecule has 0 aliphatic heterocycles. The van der Waals surface area contributed by atoms with Gasteiger partial charge in [0.25, 0.3) is 0 Å². The van der Waals surface area contributed by atoms with Crippen LogP contribution >= 0.6 is 34.5 Å². The van der Waals surface area contributed by atoms with Crippen molar-refractivity contribution in [2.75, 3.05) is 10.6 Å². The fourth-order valence-corrected chi connectivity index (χ4v) is 4.21. The predicted octanol–water partition coefficient (Wildman–Crippen LogP) is 6.60. The van der Waals surface area contributed by atoms with E-state index in [1.54, 1.807) is 54.9 Å². The van der Waals surface area contributed by atoms with E-state index in [-0.39, 0.29) is 17.3 Å². The molecule has 0 amide bonds. The Hall–Kier alpha value is -3.78. The SMILES string of the molecule is Cc1cc(C(C#N)c2ccc(Cl)cc2)c(Cl)cc1Nc1ncnc(Nc2nccs2)c1[N+](=O)[O-]. The Kier molecular flexibility index (Phi) is 6.88. The van der Waals surface area contributed by atoms with Gasteiger partial charge < -0.3 is 10.6 Å². The van der Waals surface area contributed by atoms with E-state index in [0.717, 1.165) is 11.1 Å². The largest absolute Gasteiger partial charge is 0.353 e. The van der Waals surface area contributed by atoms with Crippen LogP contribution in [0.15, 0.2) is 54.3 Å². The van der Waals surface area contributed by atoms with E-state index >= 15 is 0 Å². The van der Waals surface area contributed by atoms with E-state index < -0.39 is 10.8 Å². The second kappa shape index (κ2) is 10.0. The Balaban J connectivity index is 1.69. The predicted molar refractivity (Wildman–Crippen MR) is 132 cm³/mol. The number of nitro groups is 1. The number of hydrogen-bond donors (Lipinski definition) is 2. The zero-order valence-electron chi connectivity index (χ0n) is 17.5. The maximum Gasteiger partial charge on any atom is 0.353 e. The molecule has 2 N–H and O–H groups in total. The molecule has 4 aromatic rings. The summed E-state index contributed by atoms with van der Waals surface area (Å²) in [6.07, 6.45) is 2.79. The minimum Gasteiger partial charge on any atom is -0.334 e. The zero-order valence-corrected chi connectivity index (χ0v) is 19.8. The summed E-state index contributed by atoms with van der Waals surface area (Å²) < 4.78 is 0. The van der Waals surface area contributed by atoms with E-state index in [9.17, 15) is 15.4 Å². The molecule has 0 aliphatic rings. The molecule has 1 unspecified atom stereocenters. The van der Waals surface area contributed by atoms with Crippen LogP contribution in [0.1, 0.15) is 22.6 Å². The first-order valence-electron chi connectivity index (χ1n) is 9.75. The lowest BCUT2D eigenvalue weighted by molar-refractivity contribution is -0.383. The second-order valence-corrected chi connectivity index (χ2v) is 8.80. The Labute approximate surface area is 208 Å². The van der Waals surface area contributed by atoms with Crippen LogP contribution in [0.3, 0.4) is 0 Å². The van der Waals surface area contributed by atoms with E-state index in [1.165, 1.54) is 17.7 Å². The van der Waals surface area contributed by atoms with Crippen molar-refractivity contribution in [3.05, 3.63) is 91.2 Å². The van der Waals surface area contributed by atoms with Crippen molar-refractivity contribution < 1.29 is 4.92 Å². The fourth-order valence-electron chi connectivity index (χ4n) is 3.29. The quantitative estimate of drug-likeness (QED) is 0.209. The van der Waals surface area contributed by atoms with E-state index in [2.05, 4.69) is 31.7 Å². The van der Waals surface area contributed by atoms with Crippen molar-refractivity contribution in [1.29, 1.82) is 5.26 Å². The van der Waals surface area contributed by atoms with Crippen LogP contribution < -0.4 is 10.6 Å². The normalized spacial score (nSPS) is 11.5. The number of thiazole rings is 1. The van der Waals surface area contributed by atoms with E-state index in [1.807, 2.05) is 0 Å². The first-order chi connectivity index (χ1) is 16.4. The summed E-state index contributed by atoms with van der Waals surface area (Å²) in [7, 11) is 0. The summed E-state index contributed by atoms with van der Waals surface area (Å²) in [5.41, 5.74) is 2.24. The van der Waals surface area contributed by atoms with Gasteiger partial charge in [-0.05, 0) is 41.8 Å². The number of anilines is 4. The average Bonchev–Trinajstić information content (AvgIpc) is 3.31. The van der Waals surface area contributed by atoms with Gasteiger partial charge in [0.15, 0.2) is 5.13 Å². The molecule has 0 spiro atoms. The highest BCUT2D eigenvalue weighted by Gasteiger charge is 2.25. The molecule has 12 heteroatoms. The second-order valence-electron chi connectivity index (χ2n) is 7.07. The van der Waals surface area contributed by atoms with Gasteiger partial charge in [-0.25, -0.2) is 15.0 Å². The number of aryl methyl sites for hydroxylation is 1. The molecule has 0 saturated carbocycles. The lowest BCUT2D eigenvalue weighted by Gasteiger charge is -2.16. The zero-order chi connectivity index (χ0) is 24.2. The van der Waals surface area contributed by atoms with Gasteiger partial charge >= 0.3 is 5.69 Å². The van der Waals surface area contributed by atoms with Gasteiger partial charge in [0.2, 0.25) is 11.6 Å². The number of rotatable bonds is 7. The molecule has 2 aromatic carbocycles. The van der Waals surface area contributed by atoms with Crippen molar-refractivity contribution in [2.45, 2.75) is 12.8 Å². The van der Waals surface area contributed by atoms with E-state index in [4.69, 9.17) is 23.2 Å². The number of benzene rings is 2. The summed E-state index contributed by atoms with van der Waals surface area (Å²) in [6, 6.07) is 12.6. The molecule has 0 fully saturated rings. The number of hydrogen-bond acceptors (Lipinski definition) is 9. The highest BCUT2D eigenvalue weighted by molar-refractivity contribution is 7.13. The van der Waals surface area contributed by atoms with Gasteiger partial charge in [-0.15, -0.1) is 11.3 Å². The van der Waals surface area contributed by atoms with Crippen LogP contribution in [0.25, 0.3) is 0 Å². The van der Waals surface area contributed by atoms with Gasteiger partial charge in [0, 0.05) is 27.3 Å². The molecule has 2 aromatic heterocycles. The third-order valence-electron chi connectivity index (χ3n) is 4.90. The summed E-state index contributed by atoms with van der Waals surface area (Å²) in [5.74, 6) is -0.620. The molecule has 170 valence electrons. The van der Waals surface area contributed by atoms with Crippen LogP contribution in [-0.2, 0) is 0 Å². The smallest absolute Gasteiger partial charge is 0.334 e. The number of nitrogens with one attached hydrogen (secondary N) is 2. The molecule has 0 bridgehead atoms. The summed E-state index contributed by atoms with van der Waals surface area (Å²) in [6.45, 7) is 1.81. The van der Waals surface area contributed by atoms with Crippen molar-refractivity contribution in [2.24, 2.45) is 0 Å². The Morgan fingerprint density at radius 1 is 1.12 bits per heavy atom. The minimum atomic E-state index is -0.611. The standard InChI is InChI=1S/C22H15Cl2N7O2S/c1-12-8-15(16(10-25)13-2-4-14(23)5-3-13)17(24)9-18(12)29-20-19(31(32)33)21(28-11-27-20)30-22-26-6-7-34-22/h2-9,11,16H,1H3,(H2,26,27,28,29,30). The van der Waals surface area contributed by atoms with Crippen LogP contribution in [0.4, 0.5) is 28.1 Å². The number of aromatic nitrogens is 3. The van der Waals surface area contributed by atoms with Crippen LogP contribution in [0.5, 0.6) is 0 Å². The first-order valence-corrected chi connectivity index (χ1v) is 11.4. The first kappa shape index (κ1) is 23.4. The summed E-state index contributed by atoms with van der Waals surface area (Å²) in [5, 5.41) is 30.5. The molecule has 0 radical (unpaired) electrons. The van der Waals surface area contributed by atoms with Crippen molar-refractivity contribution in [1.82, 2.24) is 15.0 Å². The van der Waals surface area contributed by atoms with Gasteiger partial charge in [0.1, 0.15) is 6.33 Å². The van der Waals surface area contributed by atoms with Gasteiger partial charge in [-0.3, -0.25) is 10.1 Å². The van der Waals surface area contributed by atoms with E-state index in [0.29, 0.717) is 26.4 Å². The molecule has 9 nitrogen and oxygen atoms in total. The average molecular weight is 512 g/mol. The molecule has 34 heavy (non-hydrogen) atoms. The van der Waals surface area contributed by atoms with Crippen LogP contribution in [0.2, 0.25) is 10.0 Å². The van der Waals surface area contributed by atoms with Gasteiger partial charge in [-0.2, -0.15) is 5.26 Å². The van der Waals surface area contributed by atoms with Gasteiger partial charge in [-0.1, -0.05) is 41.4 Å². The monoisotopic (exact) mass is 511 g/mol. The molecular formula is C22H15Cl2N7O2S. The lowest BCUT2D eigenvalue weighted by Crippen LogP contribution is -2.07. The maximum atomic E-state index is 11.8. The van der Waals surface area contributed by atoms with Crippen LogP contribution in [-0.4, -0.2) is 19.9 Å². The van der Waals surface area contributed by atoms with Crippen molar-refractivity contribution in [3.8, 4) is 6.07 Å². The van der Waals surface area contributed by atoms with Crippen LogP contribution in [0, 0.1) is 28.4 Å². The van der Waals surface area contributed by atoms with Crippen molar-refractivity contribution >= 4 is 62.7 Å². The molecule has 0 saturated heterocycles. The molecule has 2 heterocycles. The maximum absolute atomic E-state index is 11.8. The third-order valence-corrected chi connectivity index (χ3v) is 6.17.